The van der Waals surface area contributed by atoms with Crippen molar-refractivity contribution >= 4 is 17.6 Å². The predicted octanol–water partition coefficient (Wildman–Crippen LogP) is 2.37. The molecular weight excluding hydrogens is 384 g/mol. The minimum atomic E-state index is -0.906. The Bertz CT molecular complexity index is 959. The molecule has 1 aliphatic heterocycles. The number of benzene rings is 2. The highest BCUT2D eigenvalue weighted by Crippen LogP contribution is 2.34. The van der Waals surface area contributed by atoms with E-state index >= 15 is 0 Å². The van der Waals surface area contributed by atoms with Crippen molar-refractivity contribution in [1.29, 1.82) is 0 Å². The van der Waals surface area contributed by atoms with Crippen LogP contribution in [0.3, 0.4) is 0 Å². The van der Waals surface area contributed by atoms with Gasteiger partial charge in [-0.1, -0.05) is 6.07 Å². The molecule has 1 heterocycles. The summed E-state index contributed by atoms with van der Waals surface area (Å²) in [7, 11) is 1.32. The zero-order valence-electron chi connectivity index (χ0n) is 15.7. The number of nitrogens with zero attached hydrogens (tertiary/aromatic N) is 1. The van der Waals surface area contributed by atoms with Crippen molar-refractivity contribution in [3.05, 3.63) is 57.6 Å². The summed E-state index contributed by atoms with van der Waals surface area (Å²) in [6.45, 7) is 1.36. The number of hydrogen-bond acceptors (Lipinski definition) is 8. The molecule has 2 aromatic carbocycles. The van der Waals surface area contributed by atoms with E-state index in [2.05, 4.69) is 5.32 Å². The van der Waals surface area contributed by atoms with E-state index in [1.165, 1.54) is 19.2 Å². The van der Waals surface area contributed by atoms with Gasteiger partial charge in [0.1, 0.15) is 11.3 Å². The summed E-state index contributed by atoms with van der Waals surface area (Å²) in [4.78, 5) is 34.7. The van der Waals surface area contributed by atoms with Crippen LogP contribution in [0.25, 0.3) is 0 Å². The average molecular weight is 402 g/mol. The fraction of sp³-hybridized carbons (Fsp3) is 0.263. The lowest BCUT2D eigenvalue weighted by Gasteiger charge is -2.15. The summed E-state index contributed by atoms with van der Waals surface area (Å²) >= 11 is 0. The number of rotatable bonds is 7. The first kappa shape index (κ1) is 19.9. The Kier molecular flexibility index (Phi) is 5.82. The maximum Gasteiger partial charge on any atom is 0.342 e. The molecule has 10 heteroatoms. The van der Waals surface area contributed by atoms with Crippen molar-refractivity contribution in [2.24, 2.45) is 0 Å². The van der Waals surface area contributed by atoms with Gasteiger partial charge in [0.2, 0.25) is 6.79 Å². The molecule has 10 nitrogen and oxygen atoms in total. The predicted molar refractivity (Wildman–Crippen MR) is 99.1 cm³/mol. The fourth-order valence-corrected chi connectivity index (χ4v) is 2.73. The van der Waals surface area contributed by atoms with Gasteiger partial charge in [0, 0.05) is 12.1 Å². The quantitative estimate of drug-likeness (QED) is 0.425. The van der Waals surface area contributed by atoms with Crippen molar-refractivity contribution in [3.63, 3.8) is 0 Å². The van der Waals surface area contributed by atoms with E-state index in [0.29, 0.717) is 11.5 Å². The molecule has 29 heavy (non-hydrogen) atoms. The molecule has 0 saturated heterocycles. The molecule has 152 valence electrons. The zero-order valence-corrected chi connectivity index (χ0v) is 15.7. The number of esters is 1. The molecule has 0 radical (unpaired) electrons. The van der Waals surface area contributed by atoms with Crippen LogP contribution in [0.5, 0.6) is 17.2 Å². The number of methoxy groups -OCH3 is 1. The fourth-order valence-electron chi connectivity index (χ4n) is 2.73. The van der Waals surface area contributed by atoms with Gasteiger partial charge in [0.25, 0.3) is 11.6 Å². The molecule has 0 saturated carbocycles. The maximum absolute atomic E-state index is 12.3. The Balaban J connectivity index is 1.59. The minimum Gasteiger partial charge on any atom is -0.496 e. The molecule has 1 atom stereocenters. The molecule has 1 aliphatic rings. The third kappa shape index (κ3) is 4.54. The van der Waals surface area contributed by atoms with Crippen molar-refractivity contribution in [3.8, 4) is 17.2 Å². The second-order valence-corrected chi connectivity index (χ2v) is 6.12. The second kappa shape index (κ2) is 8.46. The summed E-state index contributed by atoms with van der Waals surface area (Å²) in [5, 5.41) is 13.6. The average Bonchev–Trinajstić information content (AvgIpc) is 3.19. The first-order chi connectivity index (χ1) is 13.9. The molecule has 0 bridgehead atoms. The van der Waals surface area contributed by atoms with Crippen LogP contribution in [0.2, 0.25) is 0 Å². The molecule has 0 aliphatic carbocycles. The molecular formula is C19H18N2O8. The van der Waals surface area contributed by atoms with Gasteiger partial charge in [-0.3, -0.25) is 14.9 Å². The van der Waals surface area contributed by atoms with Gasteiger partial charge >= 0.3 is 5.97 Å². The zero-order chi connectivity index (χ0) is 21.0. The van der Waals surface area contributed by atoms with Gasteiger partial charge in [0.05, 0.1) is 18.1 Å². The number of ether oxygens (including phenoxy) is 4. The van der Waals surface area contributed by atoms with Gasteiger partial charge in [-0.15, -0.1) is 0 Å². The number of nitrogens with one attached hydrogen (secondary N) is 1. The Hall–Kier alpha value is -3.82. The van der Waals surface area contributed by atoms with E-state index in [1.54, 1.807) is 25.1 Å². The van der Waals surface area contributed by atoms with Crippen LogP contribution >= 0.6 is 0 Å². The van der Waals surface area contributed by atoms with Gasteiger partial charge in [-0.05, 0) is 30.7 Å². The molecule has 0 aromatic heterocycles. The van der Waals surface area contributed by atoms with Crippen LogP contribution in [-0.2, 0) is 9.53 Å². The Morgan fingerprint density at radius 1 is 1.21 bits per heavy atom. The van der Waals surface area contributed by atoms with E-state index in [-0.39, 0.29) is 29.8 Å². The number of carbonyl (C=O) groups is 2. The topological polar surface area (TPSA) is 126 Å². The van der Waals surface area contributed by atoms with E-state index in [4.69, 9.17) is 18.9 Å². The van der Waals surface area contributed by atoms with Crippen LogP contribution in [0, 0.1) is 10.1 Å². The molecule has 0 unspecified atom stereocenters. The third-order valence-corrected chi connectivity index (χ3v) is 4.22. The number of carbonyl (C=O) groups excluding carboxylic acids is 2. The van der Waals surface area contributed by atoms with Crippen molar-refractivity contribution in [1.82, 2.24) is 5.32 Å². The minimum absolute atomic E-state index is 0.106. The molecule has 0 spiro atoms. The number of nitro benzene ring substituents is 1. The highest BCUT2D eigenvalue weighted by atomic mass is 16.7. The third-order valence-electron chi connectivity index (χ3n) is 4.22. The largest absolute Gasteiger partial charge is 0.496 e. The van der Waals surface area contributed by atoms with E-state index in [9.17, 15) is 19.7 Å². The lowest BCUT2D eigenvalue weighted by atomic mass is 10.1. The van der Waals surface area contributed by atoms with Crippen LogP contribution in [0.1, 0.15) is 28.9 Å². The number of non-ortho nitro benzene ring substituents is 1. The summed E-state index contributed by atoms with van der Waals surface area (Å²) in [6.07, 6.45) is 0. The molecule has 1 N–H and O–H groups in total. The van der Waals surface area contributed by atoms with Crippen LogP contribution in [-0.4, -0.2) is 37.3 Å². The molecule has 2 aromatic rings. The number of hydrogen-bond donors (Lipinski definition) is 1. The number of fused-ring (bicyclic) bond motifs is 1. The molecule has 1 amide bonds. The van der Waals surface area contributed by atoms with Gasteiger partial charge in [-0.2, -0.15) is 0 Å². The SMILES string of the molecule is COc1ccc([N+](=O)[O-])cc1C(=O)OCC(=O)N[C@H](C)c1ccc2c(c1)OCO2. The van der Waals surface area contributed by atoms with E-state index in [0.717, 1.165) is 11.6 Å². The second-order valence-electron chi connectivity index (χ2n) is 6.12. The summed E-state index contributed by atoms with van der Waals surface area (Å²) in [5.41, 5.74) is 0.353. The van der Waals surface area contributed by atoms with Gasteiger partial charge in [-0.25, -0.2) is 4.79 Å². The van der Waals surface area contributed by atoms with Gasteiger partial charge < -0.3 is 24.3 Å². The van der Waals surface area contributed by atoms with E-state index in [1.807, 2.05) is 0 Å². The van der Waals surface area contributed by atoms with Crippen molar-refractivity contribution in [2.45, 2.75) is 13.0 Å². The highest BCUT2D eigenvalue weighted by molar-refractivity contribution is 5.94. The Morgan fingerprint density at radius 3 is 2.69 bits per heavy atom. The van der Waals surface area contributed by atoms with Crippen molar-refractivity contribution < 1.29 is 33.5 Å². The normalized spacial score (nSPS) is 12.8. The van der Waals surface area contributed by atoms with Crippen LogP contribution in [0.4, 0.5) is 5.69 Å². The van der Waals surface area contributed by atoms with Crippen LogP contribution < -0.4 is 19.5 Å². The van der Waals surface area contributed by atoms with Crippen molar-refractivity contribution in [2.75, 3.05) is 20.5 Å². The first-order valence-corrected chi connectivity index (χ1v) is 8.57. The maximum atomic E-state index is 12.3. The Labute approximate surface area is 165 Å². The smallest absolute Gasteiger partial charge is 0.342 e. The summed E-state index contributed by atoms with van der Waals surface area (Å²) < 4.78 is 20.6. The summed E-state index contributed by atoms with van der Waals surface area (Å²) in [6, 6.07) is 8.45. The lowest BCUT2D eigenvalue weighted by molar-refractivity contribution is -0.384. The summed E-state index contributed by atoms with van der Waals surface area (Å²) in [5.74, 6) is -0.112. The number of amides is 1. The van der Waals surface area contributed by atoms with E-state index < -0.39 is 23.4 Å². The first-order valence-electron chi connectivity index (χ1n) is 8.57. The number of nitro groups is 1. The Morgan fingerprint density at radius 2 is 1.97 bits per heavy atom. The van der Waals surface area contributed by atoms with Gasteiger partial charge in [0.15, 0.2) is 18.1 Å². The lowest BCUT2D eigenvalue weighted by Crippen LogP contribution is -2.31. The monoisotopic (exact) mass is 402 g/mol. The van der Waals surface area contributed by atoms with Crippen LogP contribution in [0.15, 0.2) is 36.4 Å². The standard InChI is InChI=1S/C19H18N2O8/c1-11(12-3-5-16-17(7-12)29-10-28-16)20-18(22)9-27-19(23)14-8-13(21(24)25)4-6-15(14)26-2/h3-8,11H,9-10H2,1-2H3,(H,20,22)/t11-/m1/s1. The molecule has 0 fully saturated rings. The highest BCUT2D eigenvalue weighted by Gasteiger charge is 2.21. The molecule has 3 rings (SSSR count).